The van der Waals surface area contributed by atoms with Crippen molar-refractivity contribution in [1.29, 1.82) is 0 Å². The first-order valence-electron chi connectivity index (χ1n) is 3.23. The van der Waals surface area contributed by atoms with Gasteiger partial charge in [0.1, 0.15) is 11.6 Å². The Hall–Kier alpha value is -1.78. The first-order valence-corrected chi connectivity index (χ1v) is 3.23. The van der Waals surface area contributed by atoms with Gasteiger partial charge in [0.2, 0.25) is 0 Å². The van der Waals surface area contributed by atoms with E-state index in [2.05, 4.69) is 0 Å². The van der Waals surface area contributed by atoms with E-state index in [1.54, 1.807) is 0 Å². The zero-order valence-electron chi connectivity index (χ0n) is 6.25. The number of rotatable bonds is 2. The number of hydrogen-bond acceptors (Lipinski definition) is 2. The Morgan fingerprint density at radius 2 is 2.00 bits per heavy atom. The molecular formula is C8H4F2O3. The maximum absolute atomic E-state index is 12.7. The van der Waals surface area contributed by atoms with E-state index in [1.807, 2.05) is 0 Å². The van der Waals surface area contributed by atoms with Gasteiger partial charge in [-0.05, 0) is 6.07 Å². The molecular weight excluding hydrogens is 182 g/mol. The van der Waals surface area contributed by atoms with E-state index in [0.29, 0.717) is 12.1 Å². The summed E-state index contributed by atoms with van der Waals surface area (Å²) in [5, 5.41) is 8.45. The zero-order valence-corrected chi connectivity index (χ0v) is 6.25. The molecule has 0 amide bonds. The van der Waals surface area contributed by atoms with Gasteiger partial charge in [-0.25, -0.2) is 13.6 Å². The van der Waals surface area contributed by atoms with Gasteiger partial charge in [0.05, 0.1) is 11.1 Å². The SMILES string of the molecule is O=Cc1c(F)cc(F)cc1C(=O)O. The van der Waals surface area contributed by atoms with Gasteiger partial charge in [-0.3, -0.25) is 4.79 Å². The first kappa shape index (κ1) is 9.31. The van der Waals surface area contributed by atoms with E-state index in [9.17, 15) is 18.4 Å². The summed E-state index contributed by atoms with van der Waals surface area (Å²) in [6, 6.07) is 1.05. The lowest BCUT2D eigenvalue weighted by molar-refractivity contribution is 0.0692. The number of benzene rings is 1. The molecule has 0 atom stereocenters. The van der Waals surface area contributed by atoms with Crippen molar-refractivity contribution in [3.8, 4) is 0 Å². The topological polar surface area (TPSA) is 54.4 Å². The normalized spacial score (nSPS) is 9.69. The number of carboxylic acid groups (broad SMARTS) is 1. The third-order valence-corrected chi connectivity index (χ3v) is 1.44. The predicted octanol–water partition coefficient (Wildman–Crippen LogP) is 1.48. The first-order chi connectivity index (χ1) is 6.06. The number of carboxylic acids is 1. The molecule has 0 saturated carbocycles. The summed E-state index contributed by atoms with van der Waals surface area (Å²) in [5.41, 5.74) is -1.32. The maximum atomic E-state index is 12.7. The number of carbonyl (C=O) groups is 2. The maximum Gasteiger partial charge on any atom is 0.336 e. The second kappa shape index (κ2) is 3.30. The molecule has 3 nitrogen and oxygen atoms in total. The molecule has 1 rings (SSSR count). The van der Waals surface area contributed by atoms with Crippen molar-refractivity contribution in [2.24, 2.45) is 0 Å². The summed E-state index contributed by atoms with van der Waals surface area (Å²) >= 11 is 0. The molecule has 0 fully saturated rings. The minimum Gasteiger partial charge on any atom is -0.478 e. The minimum atomic E-state index is -1.54. The van der Waals surface area contributed by atoms with Crippen LogP contribution in [0.2, 0.25) is 0 Å². The second-order valence-electron chi connectivity index (χ2n) is 2.27. The van der Waals surface area contributed by atoms with Crippen molar-refractivity contribution in [3.05, 3.63) is 34.9 Å². The fourth-order valence-corrected chi connectivity index (χ4v) is 0.881. The Labute approximate surface area is 71.6 Å². The molecule has 0 heterocycles. The summed E-state index contributed by atoms with van der Waals surface area (Å²) in [4.78, 5) is 20.6. The number of halogens is 2. The van der Waals surface area contributed by atoms with E-state index in [0.717, 1.165) is 0 Å². The van der Waals surface area contributed by atoms with Crippen LogP contribution in [0.15, 0.2) is 12.1 Å². The number of carbonyl (C=O) groups excluding carboxylic acids is 1. The molecule has 5 heteroatoms. The summed E-state index contributed by atoms with van der Waals surface area (Å²) in [6.07, 6.45) is 0.0399. The highest BCUT2D eigenvalue weighted by Gasteiger charge is 2.15. The molecule has 0 aromatic heterocycles. The molecule has 0 bridgehead atoms. The number of aldehydes is 1. The van der Waals surface area contributed by atoms with Crippen molar-refractivity contribution in [1.82, 2.24) is 0 Å². The smallest absolute Gasteiger partial charge is 0.336 e. The molecule has 0 spiro atoms. The molecule has 1 N–H and O–H groups in total. The predicted molar refractivity (Wildman–Crippen MR) is 38.7 cm³/mol. The van der Waals surface area contributed by atoms with Crippen LogP contribution in [-0.4, -0.2) is 17.4 Å². The molecule has 13 heavy (non-hydrogen) atoms. The molecule has 1 aromatic rings. The minimum absolute atomic E-state index is 0.0399. The Kier molecular flexibility index (Phi) is 2.36. The Morgan fingerprint density at radius 3 is 2.46 bits per heavy atom. The summed E-state index contributed by atoms with van der Waals surface area (Å²) < 4.78 is 25.2. The third kappa shape index (κ3) is 1.69. The van der Waals surface area contributed by atoms with Crippen LogP contribution >= 0.6 is 0 Å². The second-order valence-corrected chi connectivity index (χ2v) is 2.27. The van der Waals surface area contributed by atoms with Gasteiger partial charge in [-0.1, -0.05) is 0 Å². The lowest BCUT2D eigenvalue weighted by atomic mass is 10.1. The monoisotopic (exact) mass is 186 g/mol. The summed E-state index contributed by atoms with van der Waals surface area (Å²) in [5.74, 6) is -3.74. The van der Waals surface area contributed by atoms with Crippen molar-refractivity contribution < 1.29 is 23.5 Å². The van der Waals surface area contributed by atoms with Crippen LogP contribution in [0.4, 0.5) is 8.78 Å². The average Bonchev–Trinajstić information content (AvgIpc) is 2.02. The summed E-state index contributed by atoms with van der Waals surface area (Å²) in [6.45, 7) is 0. The van der Waals surface area contributed by atoms with Crippen LogP contribution in [0.1, 0.15) is 20.7 Å². The van der Waals surface area contributed by atoms with Crippen LogP contribution in [0.5, 0.6) is 0 Å². The molecule has 0 radical (unpaired) electrons. The van der Waals surface area contributed by atoms with Crippen molar-refractivity contribution in [2.45, 2.75) is 0 Å². The molecule has 0 saturated heterocycles. The van der Waals surface area contributed by atoms with E-state index in [1.165, 1.54) is 0 Å². The van der Waals surface area contributed by atoms with Crippen molar-refractivity contribution >= 4 is 12.3 Å². The number of hydrogen-bond donors (Lipinski definition) is 1. The van der Waals surface area contributed by atoms with E-state index < -0.39 is 28.7 Å². The van der Waals surface area contributed by atoms with Crippen molar-refractivity contribution in [2.75, 3.05) is 0 Å². The molecule has 0 aliphatic carbocycles. The van der Waals surface area contributed by atoms with Crippen LogP contribution in [-0.2, 0) is 0 Å². The molecule has 0 aliphatic heterocycles. The molecule has 0 aliphatic rings. The van der Waals surface area contributed by atoms with Gasteiger partial charge in [-0.15, -0.1) is 0 Å². The molecule has 0 unspecified atom stereocenters. The third-order valence-electron chi connectivity index (χ3n) is 1.44. The van der Waals surface area contributed by atoms with E-state index in [-0.39, 0.29) is 6.29 Å². The largest absolute Gasteiger partial charge is 0.478 e. The highest BCUT2D eigenvalue weighted by atomic mass is 19.1. The van der Waals surface area contributed by atoms with Crippen LogP contribution in [0.3, 0.4) is 0 Å². The highest BCUT2D eigenvalue weighted by molar-refractivity contribution is 5.97. The molecule has 68 valence electrons. The van der Waals surface area contributed by atoms with Gasteiger partial charge >= 0.3 is 5.97 Å². The average molecular weight is 186 g/mol. The Balaban J connectivity index is 3.46. The van der Waals surface area contributed by atoms with Crippen LogP contribution in [0.25, 0.3) is 0 Å². The summed E-state index contributed by atoms with van der Waals surface area (Å²) in [7, 11) is 0. The van der Waals surface area contributed by atoms with Gasteiger partial charge < -0.3 is 5.11 Å². The fourth-order valence-electron chi connectivity index (χ4n) is 0.881. The molecule has 1 aromatic carbocycles. The van der Waals surface area contributed by atoms with Gasteiger partial charge in [0.25, 0.3) is 0 Å². The van der Waals surface area contributed by atoms with Crippen LogP contribution < -0.4 is 0 Å². The van der Waals surface area contributed by atoms with E-state index in [4.69, 9.17) is 5.11 Å². The van der Waals surface area contributed by atoms with Gasteiger partial charge in [0.15, 0.2) is 6.29 Å². The van der Waals surface area contributed by atoms with E-state index >= 15 is 0 Å². The Morgan fingerprint density at radius 1 is 1.38 bits per heavy atom. The quantitative estimate of drug-likeness (QED) is 0.711. The van der Waals surface area contributed by atoms with Gasteiger partial charge in [0, 0.05) is 6.07 Å². The zero-order chi connectivity index (χ0) is 10.0. The fraction of sp³-hybridized carbons (Fsp3) is 0. The Bertz CT molecular complexity index is 374. The van der Waals surface area contributed by atoms with Crippen molar-refractivity contribution in [3.63, 3.8) is 0 Å². The van der Waals surface area contributed by atoms with Crippen LogP contribution in [0, 0.1) is 11.6 Å². The standard InChI is InChI=1S/C8H4F2O3/c9-4-1-5(8(12)13)6(3-11)7(10)2-4/h1-3H,(H,12,13). The highest BCUT2D eigenvalue weighted by Crippen LogP contribution is 2.13. The lowest BCUT2D eigenvalue weighted by Gasteiger charge is -2.00. The van der Waals surface area contributed by atoms with Gasteiger partial charge in [-0.2, -0.15) is 0 Å². The lowest BCUT2D eigenvalue weighted by Crippen LogP contribution is -2.05. The number of aromatic carboxylic acids is 1.